The van der Waals surface area contributed by atoms with Crippen molar-refractivity contribution < 1.29 is 14.3 Å². The number of carbonyl (C=O) groups is 1. The highest BCUT2D eigenvalue weighted by molar-refractivity contribution is 5.75. The zero-order chi connectivity index (χ0) is 18.0. The number of aromatic nitrogens is 1. The first-order chi connectivity index (χ1) is 11.9. The Morgan fingerprint density at radius 1 is 1.32 bits per heavy atom. The Bertz CT molecular complexity index is 593. The van der Waals surface area contributed by atoms with Crippen LogP contribution in [0, 0.1) is 11.3 Å². The average molecular weight is 347 g/mol. The van der Waals surface area contributed by atoms with E-state index in [0.717, 1.165) is 25.0 Å². The maximum Gasteiger partial charge on any atom is 0.315 e. The minimum Gasteiger partial charge on any atom is -0.380 e. The Morgan fingerprint density at radius 2 is 2.04 bits per heavy atom. The average Bonchev–Trinajstić information content (AvgIpc) is 2.61. The van der Waals surface area contributed by atoms with Gasteiger partial charge in [0, 0.05) is 43.5 Å². The fraction of sp³-hybridized carbons (Fsp3) is 0.684. The lowest BCUT2D eigenvalue weighted by Crippen LogP contribution is -2.69. The van der Waals surface area contributed by atoms with Crippen LogP contribution in [0.4, 0.5) is 4.79 Å². The predicted octanol–water partition coefficient (Wildman–Crippen LogP) is 2.66. The third-order valence-electron chi connectivity index (χ3n) is 5.75. The van der Waals surface area contributed by atoms with E-state index in [4.69, 9.17) is 9.47 Å². The quantitative estimate of drug-likeness (QED) is 0.878. The molecule has 3 rings (SSSR count). The number of amides is 2. The van der Waals surface area contributed by atoms with Gasteiger partial charge in [-0.3, -0.25) is 4.98 Å². The highest BCUT2D eigenvalue weighted by Gasteiger charge is 2.55. The molecule has 1 saturated heterocycles. The van der Waals surface area contributed by atoms with Gasteiger partial charge in [-0.15, -0.1) is 0 Å². The Balaban J connectivity index is 1.62. The van der Waals surface area contributed by atoms with Crippen LogP contribution in [0.25, 0.3) is 0 Å². The number of rotatable bonds is 4. The van der Waals surface area contributed by atoms with Gasteiger partial charge in [0.15, 0.2) is 0 Å². The van der Waals surface area contributed by atoms with Crippen LogP contribution in [0.3, 0.4) is 0 Å². The first-order valence-corrected chi connectivity index (χ1v) is 9.06. The number of hydrogen-bond donors (Lipinski definition) is 2. The number of nitrogens with zero attached hydrogens (tertiary/aromatic N) is 1. The molecule has 0 unspecified atom stereocenters. The molecular formula is C19H29N3O3. The second kappa shape index (κ2) is 7.30. The molecule has 1 aliphatic heterocycles. The van der Waals surface area contributed by atoms with Gasteiger partial charge >= 0.3 is 6.03 Å². The zero-order valence-electron chi connectivity index (χ0n) is 15.5. The summed E-state index contributed by atoms with van der Waals surface area (Å²) in [5.41, 5.74) is 0.982. The van der Waals surface area contributed by atoms with Crippen LogP contribution >= 0.6 is 0 Å². The number of urea groups is 1. The molecule has 138 valence electrons. The van der Waals surface area contributed by atoms with Crippen LogP contribution in [0.5, 0.6) is 0 Å². The molecule has 2 N–H and O–H groups in total. The topological polar surface area (TPSA) is 72.5 Å². The van der Waals surface area contributed by atoms with Crippen LogP contribution < -0.4 is 10.6 Å². The summed E-state index contributed by atoms with van der Waals surface area (Å²) in [6, 6.07) is 3.83. The molecule has 6 heteroatoms. The van der Waals surface area contributed by atoms with Crippen LogP contribution in [-0.4, -0.2) is 42.9 Å². The van der Waals surface area contributed by atoms with E-state index in [0.29, 0.717) is 5.92 Å². The number of carbonyl (C=O) groups excluding carboxylic acids is 1. The van der Waals surface area contributed by atoms with Crippen LogP contribution in [0.15, 0.2) is 24.5 Å². The van der Waals surface area contributed by atoms with Crippen molar-refractivity contribution in [2.45, 2.75) is 57.9 Å². The standard InChI is InChI=1S/C19H29N3O3/c1-12-16(19(2,3)17(12)24-4)22-18(23)21-14-6-5-11-25-15(14)13-7-9-20-10-8-13/h7-10,12,14-17H,5-6,11H2,1-4H3,(H2,21,22,23)/t12-,14+,15-,16-,17-/m1/s1. The Morgan fingerprint density at radius 3 is 2.68 bits per heavy atom. The highest BCUT2D eigenvalue weighted by atomic mass is 16.5. The van der Waals surface area contributed by atoms with Crippen molar-refractivity contribution in [3.05, 3.63) is 30.1 Å². The van der Waals surface area contributed by atoms with E-state index >= 15 is 0 Å². The van der Waals surface area contributed by atoms with Crippen molar-refractivity contribution in [2.75, 3.05) is 13.7 Å². The van der Waals surface area contributed by atoms with Crippen molar-refractivity contribution in [2.24, 2.45) is 11.3 Å². The number of pyridine rings is 1. The van der Waals surface area contributed by atoms with E-state index in [1.165, 1.54) is 0 Å². The molecular weight excluding hydrogens is 318 g/mol. The van der Waals surface area contributed by atoms with Gasteiger partial charge < -0.3 is 20.1 Å². The summed E-state index contributed by atoms with van der Waals surface area (Å²) in [5.74, 6) is 0.296. The summed E-state index contributed by atoms with van der Waals surface area (Å²) in [6.45, 7) is 7.11. The summed E-state index contributed by atoms with van der Waals surface area (Å²) in [4.78, 5) is 16.6. The maximum absolute atomic E-state index is 12.6. The molecule has 0 spiro atoms. The smallest absolute Gasteiger partial charge is 0.315 e. The molecule has 1 aromatic heterocycles. The van der Waals surface area contributed by atoms with Gasteiger partial charge in [-0.1, -0.05) is 20.8 Å². The molecule has 2 fully saturated rings. The van der Waals surface area contributed by atoms with Gasteiger partial charge in [0.1, 0.15) is 6.10 Å². The summed E-state index contributed by atoms with van der Waals surface area (Å²) in [5, 5.41) is 6.26. The molecule has 1 aliphatic carbocycles. The largest absolute Gasteiger partial charge is 0.380 e. The second-order valence-corrected chi connectivity index (χ2v) is 7.75. The zero-order valence-corrected chi connectivity index (χ0v) is 15.5. The monoisotopic (exact) mass is 347 g/mol. The fourth-order valence-electron chi connectivity index (χ4n) is 4.59. The van der Waals surface area contributed by atoms with Crippen LogP contribution in [0.2, 0.25) is 0 Å². The lowest BCUT2D eigenvalue weighted by atomic mass is 9.58. The summed E-state index contributed by atoms with van der Waals surface area (Å²) in [6.07, 6.45) is 5.41. The summed E-state index contributed by atoms with van der Waals surface area (Å²) < 4.78 is 11.5. The van der Waals surface area contributed by atoms with Crippen molar-refractivity contribution in [1.82, 2.24) is 15.6 Å². The lowest BCUT2D eigenvalue weighted by Gasteiger charge is -2.56. The van der Waals surface area contributed by atoms with E-state index in [2.05, 4.69) is 36.4 Å². The molecule has 0 radical (unpaired) electrons. The Hall–Kier alpha value is -1.66. The van der Waals surface area contributed by atoms with Crippen molar-refractivity contribution in [3.8, 4) is 0 Å². The lowest BCUT2D eigenvalue weighted by molar-refractivity contribution is -0.141. The number of ether oxygens (including phenoxy) is 2. The normalized spacial score (nSPS) is 34.0. The van der Waals surface area contributed by atoms with Crippen molar-refractivity contribution >= 4 is 6.03 Å². The molecule has 0 aromatic carbocycles. The van der Waals surface area contributed by atoms with Gasteiger partial charge in [-0.05, 0) is 30.5 Å². The fourth-order valence-corrected chi connectivity index (χ4v) is 4.59. The Kier molecular flexibility index (Phi) is 5.29. The molecule has 0 bridgehead atoms. The van der Waals surface area contributed by atoms with Gasteiger partial charge in [0.05, 0.1) is 12.1 Å². The van der Waals surface area contributed by atoms with Crippen molar-refractivity contribution in [1.29, 1.82) is 0 Å². The van der Waals surface area contributed by atoms with E-state index in [1.54, 1.807) is 19.5 Å². The maximum atomic E-state index is 12.6. The summed E-state index contributed by atoms with van der Waals surface area (Å²) in [7, 11) is 1.73. The van der Waals surface area contributed by atoms with E-state index in [-0.39, 0.29) is 35.7 Å². The number of hydrogen-bond acceptors (Lipinski definition) is 4. The molecule has 25 heavy (non-hydrogen) atoms. The highest BCUT2D eigenvalue weighted by Crippen LogP contribution is 2.46. The van der Waals surface area contributed by atoms with E-state index in [9.17, 15) is 4.79 Å². The van der Waals surface area contributed by atoms with Gasteiger partial charge in [0.25, 0.3) is 0 Å². The third kappa shape index (κ3) is 3.51. The molecule has 2 aliphatic rings. The molecule has 5 atom stereocenters. The van der Waals surface area contributed by atoms with Crippen LogP contribution in [0.1, 0.15) is 45.3 Å². The minimum absolute atomic E-state index is 0.0344. The number of nitrogens with one attached hydrogen (secondary N) is 2. The SMILES string of the molecule is CO[C@@H]1[C@H](C)[C@@H](NC(=O)N[C@H]2CCCO[C@@H]2c2ccncc2)C1(C)C. The molecule has 1 aromatic rings. The molecule has 1 saturated carbocycles. The van der Waals surface area contributed by atoms with Crippen LogP contribution in [-0.2, 0) is 9.47 Å². The molecule has 2 amide bonds. The number of methoxy groups -OCH3 is 1. The molecule has 2 heterocycles. The summed E-state index contributed by atoms with van der Waals surface area (Å²) >= 11 is 0. The minimum atomic E-state index is -0.131. The van der Waals surface area contributed by atoms with Gasteiger partial charge in [0.2, 0.25) is 0 Å². The Labute approximate surface area is 149 Å². The third-order valence-corrected chi connectivity index (χ3v) is 5.75. The molecule has 6 nitrogen and oxygen atoms in total. The predicted molar refractivity (Wildman–Crippen MR) is 95.1 cm³/mol. The van der Waals surface area contributed by atoms with Gasteiger partial charge in [-0.25, -0.2) is 4.79 Å². The first kappa shape index (κ1) is 18.1. The van der Waals surface area contributed by atoms with Gasteiger partial charge in [-0.2, -0.15) is 0 Å². The van der Waals surface area contributed by atoms with Crippen molar-refractivity contribution in [3.63, 3.8) is 0 Å². The van der Waals surface area contributed by atoms with E-state index < -0.39 is 0 Å². The second-order valence-electron chi connectivity index (χ2n) is 7.75. The first-order valence-electron chi connectivity index (χ1n) is 9.06. The van der Waals surface area contributed by atoms with E-state index in [1.807, 2.05) is 12.1 Å².